The Morgan fingerprint density at radius 2 is 2.27 bits per heavy atom. The average Bonchev–Trinajstić information content (AvgIpc) is 3.09. The van der Waals surface area contributed by atoms with E-state index in [1.807, 2.05) is 0 Å². The molecule has 1 amide bonds. The van der Waals surface area contributed by atoms with Gasteiger partial charge in [0.1, 0.15) is 16.6 Å². The van der Waals surface area contributed by atoms with Gasteiger partial charge in [0.15, 0.2) is 0 Å². The van der Waals surface area contributed by atoms with Crippen LogP contribution in [0.4, 0.5) is 10.2 Å². The predicted octanol–water partition coefficient (Wildman–Crippen LogP) is 1.76. The molecule has 2 aromatic heterocycles. The molecule has 0 radical (unpaired) electrons. The number of carbonyl (C=O) groups is 1. The first-order chi connectivity index (χ1) is 14.1. The van der Waals surface area contributed by atoms with E-state index in [4.69, 9.17) is 22.1 Å². The topological polar surface area (TPSA) is 127 Å². The van der Waals surface area contributed by atoms with E-state index in [-0.39, 0.29) is 41.3 Å². The first-order valence-corrected chi connectivity index (χ1v) is 11.5. The number of hydrogen-bond donors (Lipinski definition) is 2. The smallest absolute Gasteiger partial charge is 0.266 e. The van der Waals surface area contributed by atoms with E-state index in [9.17, 15) is 17.6 Å². The Morgan fingerprint density at radius 3 is 3.00 bits per heavy atom. The molecule has 2 aromatic rings. The summed E-state index contributed by atoms with van der Waals surface area (Å²) in [5.41, 5.74) is 4.54. The van der Waals surface area contributed by atoms with Gasteiger partial charge in [0.25, 0.3) is 5.91 Å². The molecule has 2 unspecified atom stereocenters. The van der Waals surface area contributed by atoms with Gasteiger partial charge in [-0.15, -0.1) is 11.3 Å². The fraction of sp³-hybridized carbons (Fsp3) is 0.353. The summed E-state index contributed by atoms with van der Waals surface area (Å²) in [5.74, 6) is -1.45. The van der Waals surface area contributed by atoms with E-state index >= 15 is 0 Å². The lowest BCUT2D eigenvalue weighted by atomic mass is 9.90. The Morgan fingerprint density at radius 1 is 1.50 bits per heavy atom. The largest absolute Gasteiger partial charge is 0.378 e. The third-order valence-corrected chi connectivity index (χ3v) is 9.02. The number of nitrogens with two attached hydrogens (primary N) is 1. The number of halogens is 2. The number of nitrogens with one attached hydrogen (secondary N) is 1. The highest BCUT2D eigenvalue weighted by atomic mass is 35.5. The summed E-state index contributed by atoms with van der Waals surface area (Å²) >= 11 is 7.41. The molecule has 30 heavy (non-hydrogen) atoms. The van der Waals surface area contributed by atoms with Crippen LogP contribution in [-0.4, -0.2) is 55.1 Å². The summed E-state index contributed by atoms with van der Waals surface area (Å²) in [7, 11) is -2.46. The van der Waals surface area contributed by atoms with E-state index in [1.54, 1.807) is 0 Å². The molecule has 4 heterocycles. The molecule has 1 saturated heterocycles. The Labute approximate surface area is 180 Å². The number of aliphatic imine (C=N–C) groups is 1. The Hall–Kier alpha value is -2.28. The highest BCUT2D eigenvalue weighted by Crippen LogP contribution is 2.48. The van der Waals surface area contributed by atoms with Gasteiger partial charge in [-0.25, -0.2) is 22.7 Å². The van der Waals surface area contributed by atoms with Gasteiger partial charge in [-0.1, -0.05) is 17.7 Å². The first kappa shape index (κ1) is 21.0. The number of amides is 1. The number of guanidine groups is 1. The molecular weight excluding hydrogens is 457 g/mol. The molecule has 0 bridgehead atoms. The molecule has 3 N–H and O–H groups in total. The number of fused-ring (bicyclic) bond motifs is 1. The maximum absolute atomic E-state index is 13.3. The summed E-state index contributed by atoms with van der Waals surface area (Å²) in [5, 5.41) is 1.72. The number of ether oxygens (including phenoxy) is 1. The number of thiophene rings is 1. The number of carbonyl (C=O) groups excluding carboxylic acids is 1. The molecule has 160 valence electrons. The van der Waals surface area contributed by atoms with Crippen LogP contribution in [0.3, 0.4) is 0 Å². The fourth-order valence-corrected chi connectivity index (χ4v) is 7.00. The van der Waals surface area contributed by atoms with Crippen molar-refractivity contribution in [2.75, 3.05) is 25.6 Å². The van der Waals surface area contributed by atoms with Crippen molar-refractivity contribution in [1.82, 2.24) is 9.29 Å². The summed E-state index contributed by atoms with van der Waals surface area (Å²) in [4.78, 5) is 21.2. The number of aromatic nitrogens is 1. The highest BCUT2D eigenvalue weighted by Gasteiger charge is 2.56. The summed E-state index contributed by atoms with van der Waals surface area (Å²) in [6.07, 6.45) is 0.201. The van der Waals surface area contributed by atoms with Gasteiger partial charge in [-0.3, -0.25) is 4.79 Å². The molecule has 0 saturated carbocycles. The van der Waals surface area contributed by atoms with Gasteiger partial charge in [0, 0.05) is 13.7 Å². The number of pyridine rings is 1. The molecule has 13 heteroatoms. The normalized spacial score (nSPS) is 25.4. The molecule has 2 aliphatic heterocycles. The summed E-state index contributed by atoms with van der Waals surface area (Å²) in [6, 6.07) is 5.41. The predicted molar refractivity (Wildman–Crippen MR) is 111 cm³/mol. The maximum Gasteiger partial charge on any atom is 0.266 e. The van der Waals surface area contributed by atoms with Crippen LogP contribution in [0.2, 0.25) is 5.02 Å². The van der Waals surface area contributed by atoms with Crippen molar-refractivity contribution in [1.29, 1.82) is 0 Å². The fourth-order valence-electron chi connectivity index (χ4n) is 3.54. The molecule has 0 spiro atoms. The van der Waals surface area contributed by atoms with Crippen LogP contribution >= 0.6 is 22.9 Å². The Balaban J connectivity index is 1.75. The SMILES string of the molecule is CN1C(N)=NC2(c3sc(C(=O)Nc4cccc(F)n4)cc3Cl)COCCC2S1(=O)=O. The quantitative estimate of drug-likeness (QED) is 0.654. The number of rotatable bonds is 3. The third kappa shape index (κ3) is 3.33. The number of sulfonamides is 1. The number of nitrogens with zero attached hydrogens (tertiary/aromatic N) is 3. The zero-order chi connectivity index (χ0) is 21.7. The van der Waals surface area contributed by atoms with Gasteiger partial charge >= 0.3 is 0 Å². The number of anilines is 1. The zero-order valence-electron chi connectivity index (χ0n) is 15.6. The van der Waals surface area contributed by atoms with Crippen LogP contribution in [0.5, 0.6) is 0 Å². The van der Waals surface area contributed by atoms with Crippen molar-refractivity contribution in [3.63, 3.8) is 0 Å². The molecule has 0 aliphatic carbocycles. The van der Waals surface area contributed by atoms with Crippen molar-refractivity contribution in [3.8, 4) is 0 Å². The number of hydrogen-bond acceptors (Lipinski definition) is 8. The standard InChI is InChI=1S/C17H17ClFN5O4S2/c1-24-16(20)23-17(8-28-6-5-11(17)30(24,26)27)14-9(18)7-10(29-14)15(25)22-13-4-2-3-12(19)21-13/h2-4,7,11H,5-6,8H2,1H3,(H2,20,23)(H,21,22,25). The monoisotopic (exact) mass is 473 g/mol. The molecular formula is C17H17ClFN5O4S2. The molecule has 9 nitrogen and oxygen atoms in total. The van der Waals surface area contributed by atoms with Gasteiger partial charge in [-0.2, -0.15) is 4.39 Å². The molecule has 0 aromatic carbocycles. The summed E-state index contributed by atoms with van der Waals surface area (Å²) < 4.78 is 45.8. The van der Waals surface area contributed by atoms with E-state index in [0.717, 1.165) is 21.7 Å². The minimum absolute atomic E-state index is 0.0345. The Kier molecular flexibility index (Phi) is 5.21. The van der Waals surface area contributed by atoms with E-state index < -0.39 is 32.7 Å². The molecule has 1 fully saturated rings. The minimum Gasteiger partial charge on any atom is -0.378 e. The molecule has 2 atom stereocenters. The van der Waals surface area contributed by atoms with Gasteiger partial charge in [0.2, 0.25) is 21.9 Å². The lowest BCUT2D eigenvalue weighted by Crippen LogP contribution is -2.60. The average molecular weight is 474 g/mol. The van der Waals surface area contributed by atoms with Crippen LogP contribution in [0, 0.1) is 5.95 Å². The van der Waals surface area contributed by atoms with Crippen molar-refractivity contribution >= 4 is 50.6 Å². The van der Waals surface area contributed by atoms with Crippen LogP contribution in [0.25, 0.3) is 0 Å². The molecule has 2 aliphatic rings. The van der Waals surface area contributed by atoms with Crippen molar-refractivity contribution in [3.05, 3.63) is 45.0 Å². The van der Waals surface area contributed by atoms with Crippen molar-refractivity contribution in [2.45, 2.75) is 17.2 Å². The lowest BCUT2D eigenvalue weighted by Gasteiger charge is -2.45. The second-order valence-corrected chi connectivity index (χ2v) is 10.4. The zero-order valence-corrected chi connectivity index (χ0v) is 18.0. The van der Waals surface area contributed by atoms with Crippen LogP contribution in [0.15, 0.2) is 29.3 Å². The first-order valence-electron chi connectivity index (χ1n) is 8.80. The van der Waals surface area contributed by atoms with Gasteiger partial charge in [-0.05, 0) is 24.6 Å². The van der Waals surface area contributed by atoms with Crippen molar-refractivity contribution in [2.24, 2.45) is 10.7 Å². The highest BCUT2D eigenvalue weighted by molar-refractivity contribution is 7.90. The lowest BCUT2D eigenvalue weighted by molar-refractivity contribution is 0.0390. The van der Waals surface area contributed by atoms with E-state index in [0.29, 0.717) is 4.88 Å². The van der Waals surface area contributed by atoms with E-state index in [1.165, 1.54) is 25.2 Å². The van der Waals surface area contributed by atoms with E-state index in [2.05, 4.69) is 15.3 Å². The second kappa shape index (κ2) is 7.45. The Bertz CT molecular complexity index is 1150. The maximum atomic E-state index is 13.3. The minimum atomic E-state index is -3.81. The van der Waals surface area contributed by atoms with Crippen LogP contribution in [-0.2, 0) is 20.3 Å². The second-order valence-electron chi connectivity index (χ2n) is 6.82. The molecule has 4 rings (SSSR count). The van der Waals surface area contributed by atoms with Crippen LogP contribution < -0.4 is 11.1 Å². The van der Waals surface area contributed by atoms with Crippen molar-refractivity contribution < 1.29 is 22.3 Å². The third-order valence-electron chi connectivity index (χ3n) is 5.02. The van der Waals surface area contributed by atoms with Gasteiger partial charge in [0.05, 0.1) is 21.4 Å². The van der Waals surface area contributed by atoms with Gasteiger partial charge < -0.3 is 15.8 Å². The summed E-state index contributed by atoms with van der Waals surface area (Å²) in [6.45, 7) is 0.203. The van der Waals surface area contributed by atoms with Crippen LogP contribution in [0.1, 0.15) is 21.0 Å².